The Balaban J connectivity index is 1.80. The number of methoxy groups -OCH3 is 1. The summed E-state index contributed by atoms with van der Waals surface area (Å²) in [6.07, 6.45) is 4.10. The molecule has 0 spiro atoms. The second kappa shape index (κ2) is 7.55. The second-order valence-electron chi connectivity index (χ2n) is 7.87. The van der Waals surface area contributed by atoms with E-state index in [1.165, 1.54) is 12.1 Å². The fourth-order valence-electron chi connectivity index (χ4n) is 4.99. The van der Waals surface area contributed by atoms with Crippen molar-refractivity contribution in [3.05, 3.63) is 65.5 Å². The summed E-state index contributed by atoms with van der Waals surface area (Å²) < 4.78 is 19.9. The number of carbonyl (C=O) groups excluding carboxylic acids is 1. The van der Waals surface area contributed by atoms with Crippen LogP contribution in [0.2, 0.25) is 0 Å². The van der Waals surface area contributed by atoms with E-state index in [0.717, 1.165) is 31.2 Å². The molecule has 0 unspecified atom stereocenters. The topological polar surface area (TPSA) is 49.8 Å². The quantitative estimate of drug-likeness (QED) is 0.858. The number of amides is 1. The van der Waals surface area contributed by atoms with Crippen molar-refractivity contribution in [1.29, 1.82) is 0 Å². The summed E-state index contributed by atoms with van der Waals surface area (Å²) in [5.74, 6) is -0.256. The van der Waals surface area contributed by atoms with Gasteiger partial charge in [0, 0.05) is 18.0 Å². The molecule has 148 valence electrons. The van der Waals surface area contributed by atoms with Crippen LogP contribution in [-0.4, -0.2) is 35.2 Å². The third-order valence-corrected chi connectivity index (χ3v) is 6.39. The molecule has 4 rings (SSSR count). The van der Waals surface area contributed by atoms with Crippen LogP contribution in [0.5, 0.6) is 5.75 Å². The number of carbonyl (C=O) groups is 1. The molecule has 0 bridgehead atoms. The van der Waals surface area contributed by atoms with Gasteiger partial charge >= 0.3 is 0 Å². The number of hydrogen-bond acceptors (Lipinski definition) is 3. The summed E-state index contributed by atoms with van der Waals surface area (Å²) in [4.78, 5) is 15.1. The van der Waals surface area contributed by atoms with Crippen molar-refractivity contribution in [3.8, 4) is 5.75 Å². The Labute approximate surface area is 164 Å². The minimum absolute atomic E-state index is 0.0728. The molecule has 1 aliphatic carbocycles. The summed E-state index contributed by atoms with van der Waals surface area (Å²) in [5.41, 5.74) is 0.152. The first kappa shape index (κ1) is 18.9. The van der Waals surface area contributed by atoms with Gasteiger partial charge in [-0.1, -0.05) is 43.2 Å². The lowest BCUT2D eigenvalue weighted by Gasteiger charge is -2.52. The average Bonchev–Trinajstić information content (AvgIpc) is 2.72. The Morgan fingerprint density at radius 2 is 1.89 bits per heavy atom. The Morgan fingerprint density at radius 3 is 2.68 bits per heavy atom. The van der Waals surface area contributed by atoms with E-state index >= 15 is 0 Å². The van der Waals surface area contributed by atoms with E-state index in [4.69, 9.17) is 4.74 Å². The molecule has 3 atom stereocenters. The summed E-state index contributed by atoms with van der Waals surface area (Å²) >= 11 is 0. The zero-order chi connectivity index (χ0) is 19.7. The molecule has 1 aliphatic heterocycles. The normalized spacial score (nSPS) is 27.2. The highest BCUT2D eigenvalue weighted by Gasteiger charge is 2.51. The fourth-order valence-corrected chi connectivity index (χ4v) is 4.99. The van der Waals surface area contributed by atoms with Crippen molar-refractivity contribution in [2.24, 2.45) is 5.92 Å². The molecular formula is C23H26FNO3. The van der Waals surface area contributed by atoms with Gasteiger partial charge in [0.1, 0.15) is 11.6 Å². The van der Waals surface area contributed by atoms with Gasteiger partial charge in [-0.25, -0.2) is 4.39 Å². The largest absolute Gasteiger partial charge is 0.496 e. The van der Waals surface area contributed by atoms with E-state index in [-0.39, 0.29) is 23.4 Å². The molecule has 2 fully saturated rings. The van der Waals surface area contributed by atoms with E-state index < -0.39 is 11.4 Å². The van der Waals surface area contributed by atoms with Crippen molar-refractivity contribution in [3.63, 3.8) is 0 Å². The summed E-state index contributed by atoms with van der Waals surface area (Å²) in [6, 6.07) is 13.4. The molecule has 1 saturated heterocycles. The molecule has 1 heterocycles. The van der Waals surface area contributed by atoms with Crippen LogP contribution in [0.4, 0.5) is 4.39 Å². The highest BCUT2D eigenvalue weighted by atomic mass is 19.1. The Morgan fingerprint density at radius 1 is 1.14 bits per heavy atom. The number of para-hydroxylation sites is 1. The van der Waals surface area contributed by atoms with E-state index in [0.29, 0.717) is 18.7 Å². The second-order valence-corrected chi connectivity index (χ2v) is 7.87. The standard InChI is InChI=1S/C23H26FNO3/c1-28-20-12-5-3-9-17(20)21-18-10-6-7-13-23(18,27)14-15-25(21)22(26)16-8-2-4-11-19(16)24/h2-5,8-9,11-12,18,21,27H,6-7,10,13-15H2,1H3/t18-,21-,23+/m1/s1. The highest BCUT2D eigenvalue weighted by molar-refractivity contribution is 5.95. The van der Waals surface area contributed by atoms with Gasteiger partial charge in [-0.05, 0) is 37.5 Å². The molecule has 5 heteroatoms. The zero-order valence-corrected chi connectivity index (χ0v) is 16.1. The number of piperidine rings is 1. The van der Waals surface area contributed by atoms with E-state index in [2.05, 4.69) is 0 Å². The predicted molar refractivity (Wildman–Crippen MR) is 105 cm³/mol. The number of aliphatic hydroxyl groups is 1. The molecule has 1 N–H and O–H groups in total. The third-order valence-electron chi connectivity index (χ3n) is 6.39. The predicted octanol–water partition coefficient (Wildman–Crippen LogP) is 4.34. The van der Waals surface area contributed by atoms with Gasteiger partial charge in [0.2, 0.25) is 0 Å². The zero-order valence-electron chi connectivity index (χ0n) is 16.1. The lowest BCUT2D eigenvalue weighted by atomic mass is 9.66. The SMILES string of the molecule is COc1ccccc1[C@@H]1[C@H]2CCCC[C@]2(O)CCN1C(=O)c1ccccc1F. The van der Waals surface area contributed by atoms with Crippen LogP contribution in [0, 0.1) is 11.7 Å². The molecular weight excluding hydrogens is 357 g/mol. The van der Waals surface area contributed by atoms with Gasteiger partial charge in [-0.3, -0.25) is 4.79 Å². The number of nitrogens with zero attached hydrogens (tertiary/aromatic N) is 1. The molecule has 2 aromatic carbocycles. The van der Waals surface area contributed by atoms with Crippen LogP contribution in [0.15, 0.2) is 48.5 Å². The van der Waals surface area contributed by atoms with E-state index in [9.17, 15) is 14.3 Å². The van der Waals surface area contributed by atoms with Gasteiger partial charge in [-0.15, -0.1) is 0 Å². The van der Waals surface area contributed by atoms with Crippen molar-refractivity contribution in [1.82, 2.24) is 4.90 Å². The number of hydrogen-bond donors (Lipinski definition) is 1. The van der Waals surface area contributed by atoms with Crippen molar-refractivity contribution < 1.29 is 19.0 Å². The number of likely N-dealkylation sites (tertiary alicyclic amines) is 1. The molecule has 0 aromatic heterocycles. The third kappa shape index (κ3) is 3.18. The van der Waals surface area contributed by atoms with Crippen LogP contribution in [0.3, 0.4) is 0 Å². The van der Waals surface area contributed by atoms with Crippen LogP contribution in [0.1, 0.15) is 54.1 Å². The molecule has 28 heavy (non-hydrogen) atoms. The maximum atomic E-state index is 14.4. The summed E-state index contributed by atoms with van der Waals surface area (Å²) in [6.45, 7) is 0.392. The molecule has 0 radical (unpaired) electrons. The Hall–Kier alpha value is -2.40. The van der Waals surface area contributed by atoms with Crippen molar-refractivity contribution >= 4 is 5.91 Å². The van der Waals surface area contributed by atoms with Gasteiger partial charge < -0.3 is 14.7 Å². The lowest BCUT2D eigenvalue weighted by Crippen LogP contribution is -2.56. The van der Waals surface area contributed by atoms with Crippen molar-refractivity contribution in [2.45, 2.75) is 43.7 Å². The van der Waals surface area contributed by atoms with E-state index in [1.807, 2.05) is 24.3 Å². The molecule has 2 aromatic rings. The average molecular weight is 383 g/mol. The molecule has 1 amide bonds. The van der Waals surface area contributed by atoms with Crippen LogP contribution in [-0.2, 0) is 0 Å². The first-order chi connectivity index (χ1) is 13.5. The molecule has 1 saturated carbocycles. The first-order valence-corrected chi connectivity index (χ1v) is 9.96. The van der Waals surface area contributed by atoms with Gasteiger partial charge in [0.25, 0.3) is 5.91 Å². The fraction of sp³-hybridized carbons (Fsp3) is 0.435. The number of ether oxygens (including phenoxy) is 1. The Bertz CT molecular complexity index is 870. The van der Waals surface area contributed by atoms with Crippen molar-refractivity contribution in [2.75, 3.05) is 13.7 Å². The van der Waals surface area contributed by atoms with Crippen LogP contribution >= 0.6 is 0 Å². The van der Waals surface area contributed by atoms with Gasteiger partial charge in [0.05, 0.1) is 24.3 Å². The molecule has 2 aliphatic rings. The van der Waals surface area contributed by atoms with Crippen LogP contribution < -0.4 is 4.74 Å². The van der Waals surface area contributed by atoms with Crippen LogP contribution in [0.25, 0.3) is 0 Å². The minimum Gasteiger partial charge on any atom is -0.496 e. The lowest BCUT2D eigenvalue weighted by molar-refractivity contribution is -0.115. The number of fused-ring (bicyclic) bond motifs is 1. The number of benzene rings is 2. The Kier molecular flexibility index (Phi) is 5.11. The minimum atomic E-state index is -0.796. The number of rotatable bonds is 3. The van der Waals surface area contributed by atoms with Gasteiger partial charge in [-0.2, -0.15) is 0 Å². The monoisotopic (exact) mass is 383 g/mol. The summed E-state index contributed by atoms with van der Waals surface area (Å²) in [5, 5.41) is 11.4. The van der Waals surface area contributed by atoms with Gasteiger partial charge in [0.15, 0.2) is 0 Å². The first-order valence-electron chi connectivity index (χ1n) is 9.96. The highest BCUT2D eigenvalue weighted by Crippen LogP contribution is 2.51. The smallest absolute Gasteiger partial charge is 0.257 e. The summed E-state index contributed by atoms with van der Waals surface area (Å²) in [7, 11) is 1.61. The van der Waals surface area contributed by atoms with E-state index in [1.54, 1.807) is 24.1 Å². The maximum Gasteiger partial charge on any atom is 0.257 e. The molecule has 4 nitrogen and oxygen atoms in total. The maximum absolute atomic E-state index is 14.4. The number of halogens is 1.